The minimum Gasteiger partial charge on any atom is -0.375 e. The fourth-order valence-corrected chi connectivity index (χ4v) is 7.85. The molecule has 6 aromatic rings. The van der Waals surface area contributed by atoms with E-state index in [9.17, 15) is 0 Å². The van der Waals surface area contributed by atoms with Crippen molar-refractivity contribution in [2.75, 3.05) is 51.1 Å². The van der Waals surface area contributed by atoms with Crippen molar-refractivity contribution in [3.63, 3.8) is 0 Å². The molecule has 2 heterocycles. The maximum Gasteiger partial charge on any atom is 0.220 e. The standard InChI is InChI=1S/C25H24N3.C24H22N3/c1-5-27(3)20-12-9-18(10-13-20)25-22-8-6-7-21-19(15-17(2)16-26)11-14-23(24(21)22)28(25)4;1-4-26(2)19-13-10-18(11-14-19)24-21-9-5-8-20-17(7-6-16-25)12-15-22(23(20)21)27(24)3/h6-15H,5H2,1-4H3;5-15H,4H2,1-3H3/q2*+1/b17-15-;7-6+. The smallest absolute Gasteiger partial charge is 0.220 e. The van der Waals surface area contributed by atoms with E-state index in [1.165, 1.54) is 84.0 Å². The summed E-state index contributed by atoms with van der Waals surface area (Å²) in [7, 11) is 8.47. The molecule has 0 saturated heterocycles. The van der Waals surface area contributed by atoms with Gasteiger partial charge in [-0.3, -0.25) is 0 Å². The zero-order valence-electron chi connectivity index (χ0n) is 32.7. The molecule has 6 aromatic carbocycles. The van der Waals surface area contributed by atoms with Crippen LogP contribution in [0.4, 0.5) is 22.7 Å². The zero-order chi connectivity index (χ0) is 38.8. The van der Waals surface area contributed by atoms with E-state index in [1.807, 2.05) is 19.1 Å². The van der Waals surface area contributed by atoms with Crippen molar-refractivity contribution in [2.45, 2.75) is 20.8 Å². The molecule has 0 aromatic heterocycles. The second-order valence-electron chi connectivity index (χ2n) is 14.1. The van der Waals surface area contributed by atoms with Crippen LogP contribution >= 0.6 is 0 Å². The maximum absolute atomic E-state index is 9.17. The minimum absolute atomic E-state index is 0.715. The summed E-state index contributed by atoms with van der Waals surface area (Å²) in [6.45, 7) is 8.13. The van der Waals surface area contributed by atoms with Gasteiger partial charge in [-0.15, -0.1) is 0 Å². The van der Waals surface area contributed by atoms with Gasteiger partial charge in [0.15, 0.2) is 0 Å². The van der Waals surface area contributed by atoms with Crippen molar-refractivity contribution in [1.29, 1.82) is 10.5 Å². The fraction of sp³-hybridized carbons (Fsp3) is 0.184. The van der Waals surface area contributed by atoms with Gasteiger partial charge >= 0.3 is 0 Å². The highest BCUT2D eigenvalue weighted by Crippen LogP contribution is 2.40. The zero-order valence-corrected chi connectivity index (χ0v) is 32.7. The SMILES string of the molecule is CCN(C)c1ccc(C2=[N+](C)c3ccc(/C=C(/C)C#N)c4cccc2c34)cc1.CCN(C)c1ccc(C2=[N+](C)c3ccc(/C=C/C#N)c4cccc2c34)cc1. The second-order valence-corrected chi connectivity index (χ2v) is 14.1. The molecule has 0 unspecified atom stereocenters. The maximum atomic E-state index is 9.17. The van der Waals surface area contributed by atoms with Crippen molar-refractivity contribution >= 4 is 67.9 Å². The van der Waals surface area contributed by atoms with Crippen LogP contribution in [0.5, 0.6) is 0 Å². The summed E-state index contributed by atoms with van der Waals surface area (Å²) in [6, 6.07) is 43.3. The monoisotopic (exact) mass is 718 g/mol. The molecule has 0 aliphatic carbocycles. The van der Waals surface area contributed by atoms with E-state index >= 15 is 0 Å². The van der Waals surface area contributed by atoms with E-state index in [1.54, 1.807) is 0 Å². The van der Waals surface area contributed by atoms with E-state index < -0.39 is 0 Å². The highest BCUT2D eigenvalue weighted by atomic mass is 15.1. The van der Waals surface area contributed by atoms with Crippen LogP contribution in [0, 0.1) is 22.7 Å². The van der Waals surface area contributed by atoms with Crippen molar-refractivity contribution in [3.05, 3.63) is 154 Å². The predicted octanol–water partition coefficient (Wildman–Crippen LogP) is 10.3. The second kappa shape index (κ2) is 15.3. The highest BCUT2D eigenvalue weighted by molar-refractivity contribution is 6.24. The molecule has 0 N–H and O–H groups in total. The lowest BCUT2D eigenvalue weighted by molar-refractivity contribution is -0.399. The van der Waals surface area contributed by atoms with Gasteiger partial charge in [0, 0.05) is 73.5 Å². The Morgan fingerprint density at radius 2 is 1.07 bits per heavy atom. The van der Waals surface area contributed by atoms with Crippen LogP contribution in [-0.4, -0.2) is 61.9 Å². The van der Waals surface area contributed by atoms with Crippen LogP contribution in [0.2, 0.25) is 0 Å². The number of nitriles is 2. The number of rotatable bonds is 8. The Balaban J connectivity index is 0.000000169. The molecule has 0 fully saturated rings. The van der Waals surface area contributed by atoms with E-state index in [4.69, 9.17) is 10.5 Å². The van der Waals surface area contributed by atoms with Crippen LogP contribution in [0.1, 0.15) is 54.2 Å². The van der Waals surface area contributed by atoms with Gasteiger partial charge in [0.1, 0.15) is 14.1 Å². The summed E-state index contributed by atoms with van der Waals surface area (Å²) < 4.78 is 4.55. The molecule has 270 valence electrons. The Morgan fingerprint density at radius 1 is 0.618 bits per heavy atom. The first-order valence-corrected chi connectivity index (χ1v) is 18.8. The lowest BCUT2D eigenvalue weighted by Gasteiger charge is -2.16. The number of hydrogen-bond donors (Lipinski definition) is 0. The molecule has 2 aliphatic heterocycles. The third-order valence-corrected chi connectivity index (χ3v) is 11.0. The van der Waals surface area contributed by atoms with Gasteiger partial charge < -0.3 is 9.80 Å². The number of nitrogens with zero attached hydrogens (tertiary/aromatic N) is 6. The Labute approximate surface area is 324 Å². The summed E-state index contributed by atoms with van der Waals surface area (Å²) in [5, 5.41) is 22.9. The Bertz CT molecular complexity index is 2680. The third-order valence-electron chi connectivity index (χ3n) is 11.0. The third kappa shape index (κ3) is 6.58. The largest absolute Gasteiger partial charge is 0.375 e. The van der Waals surface area contributed by atoms with Gasteiger partial charge in [-0.2, -0.15) is 19.7 Å². The molecular weight excluding hydrogens is 673 g/mol. The molecule has 0 saturated carbocycles. The van der Waals surface area contributed by atoms with E-state index in [-0.39, 0.29) is 0 Å². The molecule has 0 radical (unpaired) electrons. The first-order chi connectivity index (χ1) is 26.7. The van der Waals surface area contributed by atoms with Crippen LogP contribution < -0.4 is 9.80 Å². The summed E-state index contributed by atoms with van der Waals surface area (Å²) in [5.41, 5.74) is 15.1. The quantitative estimate of drug-likeness (QED) is 0.116. The Kier molecular flexibility index (Phi) is 10.2. The van der Waals surface area contributed by atoms with E-state index in [0.717, 1.165) is 24.2 Å². The lowest BCUT2D eigenvalue weighted by atomic mass is 9.95. The van der Waals surface area contributed by atoms with Crippen molar-refractivity contribution in [2.24, 2.45) is 0 Å². The van der Waals surface area contributed by atoms with Gasteiger partial charge in [0.25, 0.3) is 0 Å². The number of anilines is 2. The van der Waals surface area contributed by atoms with Gasteiger partial charge in [0.05, 0.1) is 34.0 Å². The number of hydrogen-bond acceptors (Lipinski definition) is 4. The minimum atomic E-state index is 0.715. The predicted molar refractivity (Wildman–Crippen MR) is 231 cm³/mol. The Morgan fingerprint density at radius 3 is 1.51 bits per heavy atom. The average molecular weight is 719 g/mol. The van der Waals surface area contributed by atoms with Crippen molar-refractivity contribution in [3.8, 4) is 12.1 Å². The van der Waals surface area contributed by atoms with Gasteiger partial charge in [-0.05, 0) is 128 Å². The lowest BCUT2D eigenvalue weighted by Crippen LogP contribution is -2.16. The first-order valence-electron chi connectivity index (χ1n) is 18.8. The normalized spacial score (nSPS) is 13.0. The molecule has 8 rings (SSSR count). The number of allylic oxidation sites excluding steroid dienone is 2. The van der Waals surface area contributed by atoms with Crippen LogP contribution in [-0.2, 0) is 0 Å². The fourth-order valence-electron chi connectivity index (χ4n) is 7.85. The van der Waals surface area contributed by atoms with Crippen molar-refractivity contribution < 1.29 is 9.15 Å². The molecular formula is C49H46N6+2. The molecule has 6 nitrogen and oxygen atoms in total. The van der Waals surface area contributed by atoms with Crippen LogP contribution in [0.25, 0.3) is 33.7 Å². The summed E-state index contributed by atoms with van der Waals surface area (Å²) in [5.74, 6) is 0. The highest BCUT2D eigenvalue weighted by Gasteiger charge is 2.32. The molecule has 2 aliphatic rings. The van der Waals surface area contributed by atoms with Gasteiger partial charge in [-0.1, -0.05) is 24.3 Å². The van der Waals surface area contributed by atoms with E-state index in [2.05, 4.69) is 182 Å². The first kappa shape index (κ1) is 36.6. The van der Waals surface area contributed by atoms with Crippen LogP contribution in [0.3, 0.4) is 0 Å². The summed E-state index contributed by atoms with van der Waals surface area (Å²) in [6.07, 6.45) is 5.39. The van der Waals surface area contributed by atoms with Crippen molar-refractivity contribution in [1.82, 2.24) is 0 Å². The molecule has 0 spiro atoms. The van der Waals surface area contributed by atoms with E-state index in [0.29, 0.717) is 5.57 Å². The molecule has 0 bridgehead atoms. The molecule has 0 amide bonds. The topological polar surface area (TPSA) is 60.1 Å². The number of benzene rings is 6. The summed E-state index contributed by atoms with van der Waals surface area (Å²) in [4.78, 5) is 4.47. The average Bonchev–Trinajstić information content (AvgIpc) is 3.68. The molecule has 6 heteroatoms. The Hall–Kier alpha value is -6.76. The molecule has 0 atom stereocenters. The summed E-state index contributed by atoms with van der Waals surface area (Å²) >= 11 is 0. The molecule has 55 heavy (non-hydrogen) atoms. The van der Waals surface area contributed by atoms with Gasteiger partial charge in [-0.25, -0.2) is 0 Å². The van der Waals surface area contributed by atoms with Crippen LogP contribution in [0.15, 0.2) is 121 Å². The van der Waals surface area contributed by atoms with Gasteiger partial charge in [0.2, 0.25) is 22.8 Å².